The van der Waals surface area contributed by atoms with Gasteiger partial charge in [0.05, 0.1) is 19.0 Å². The molecule has 0 spiro atoms. The zero-order chi connectivity index (χ0) is 19.2. The van der Waals surface area contributed by atoms with Gasteiger partial charge >= 0.3 is 0 Å². The summed E-state index contributed by atoms with van der Waals surface area (Å²) in [6.07, 6.45) is 3.15. The molecule has 1 aromatic heterocycles. The number of carbonyl (C=O) groups is 1. The first-order valence-corrected chi connectivity index (χ1v) is 7.98. The van der Waals surface area contributed by atoms with Gasteiger partial charge in [0.15, 0.2) is 5.75 Å². The lowest BCUT2D eigenvalue weighted by molar-refractivity contribution is -0.122. The molecule has 138 valence electrons. The molecule has 1 saturated carbocycles. The van der Waals surface area contributed by atoms with Gasteiger partial charge in [-0.3, -0.25) is 4.79 Å². The van der Waals surface area contributed by atoms with Crippen molar-refractivity contribution in [3.63, 3.8) is 0 Å². The van der Waals surface area contributed by atoms with Crippen LogP contribution in [0.2, 0.25) is 0 Å². The summed E-state index contributed by atoms with van der Waals surface area (Å²) < 4.78 is 16.9. The fraction of sp³-hybridized carbons (Fsp3) is 0.421. The van der Waals surface area contributed by atoms with Crippen molar-refractivity contribution in [3.05, 3.63) is 53.9 Å². The Bertz CT molecular complexity index is 603. The molecule has 1 aromatic carbocycles. The lowest BCUT2D eigenvalue weighted by Crippen LogP contribution is -1.94. The average Bonchev–Trinajstić information content (AvgIpc) is 3.22. The summed E-state index contributed by atoms with van der Waals surface area (Å²) in [5, 5.41) is 6.89. The van der Waals surface area contributed by atoms with E-state index in [1.807, 2.05) is 13.8 Å². The quantitative estimate of drug-likeness (QED) is 0.777. The van der Waals surface area contributed by atoms with Crippen molar-refractivity contribution in [2.75, 3.05) is 7.11 Å². The fourth-order valence-electron chi connectivity index (χ4n) is 1.70. The first kappa shape index (κ1) is 22.5. The van der Waals surface area contributed by atoms with Gasteiger partial charge in [-0.05, 0) is 44.2 Å². The third-order valence-corrected chi connectivity index (χ3v) is 3.52. The highest BCUT2D eigenvalue weighted by atomic mass is 19.1. The molecule has 1 N–H and O–H groups in total. The first-order valence-electron chi connectivity index (χ1n) is 7.98. The predicted molar refractivity (Wildman–Crippen MR) is 96.1 cm³/mol. The van der Waals surface area contributed by atoms with E-state index in [1.165, 1.54) is 18.6 Å². The van der Waals surface area contributed by atoms with Crippen LogP contribution in [0.15, 0.2) is 36.5 Å². The third-order valence-electron chi connectivity index (χ3n) is 3.52. The number of rotatable bonds is 1. The van der Waals surface area contributed by atoms with Crippen LogP contribution in [0, 0.1) is 31.5 Å². The Morgan fingerprint density at radius 1 is 1.20 bits per heavy atom. The minimum Gasteiger partial charge on any atom is -0.493 e. The Morgan fingerprint density at radius 2 is 1.68 bits per heavy atom. The molecule has 6 heteroatoms. The second kappa shape index (κ2) is 12.9. The molecular weight excluding hydrogens is 323 g/mol. The van der Waals surface area contributed by atoms with E-state index in [1.54, 1.807) is 31.5 Å². The van der Waals surface area contributed by atoms with E-state index in [0.29, 0.717) is 0 Å². The van der Waals surface area contributed by atoms with Crippen LogP contribution >= 0.6 is 0 Å². The Morgan fingerprint density at radius 3 is 1.96 bits per heavy atom. The summed E-state index contributed by atoms with van der Waals surface area (Å²) in [5.41, 5.74) is 0.884. The van der Waals surface area contributed by atoms with Crippen LogP contribution < -0.4 is 4.74 Å². The van der Waals surface area contributed by atoms with Crippen LogP contribution in [0.5, 0.6) is 5.75 Å². The fourth-order valence-corrected chi connectivity index (χ4v) is 1.70. The summed E-state index contributed by atoms with van der Waals surface area (Å²) in [7, 11) is 1.61. The summed E-state index contributed by atoms with van der Waals surface area (Å²) in [4.78, 5) is 16.4. The Kier molecular flexibility index (Phi) is 11.6. The first-order chi connectivity index (χ1) is 11.8. The van der Waals surface area contributed by atoms with Gasteiger partial charge in [0.2, 0.25) is 0 Å². The minimum absolute atomic E-state index is 0.178. The SMILES string of the molecule is CC1CC1C.COc1cnc(C)nc1C.Fc1ccccc1.O=CO. The third kappa shape index (κ3) is 11.6. The summed E-state index contributed by atoms with van der Waals surface area (Å²) in [6.45, 7) is 8.09. The molecule has 3 rings (SSSR count). The van der Waals surface area contributed by atoms with Gasteiger partial charge in [-0.15, -0.1) is 0 Å². The molecule has 1 aliphatic carbocycles. The molecule has 0 aliphatic heterocycles. The molecule has 2 atom stereocenters. The molecule has 0 radical (unpaired) electrons. The van der Waals surface area contributed by atoms with Crippen molar-refractivity contribution < 1.29 is 19.0 Å². The Hall–Kier alpha value is -2.50. The van der Waals surface area contributed by atoms with Crippen LogP contribution in [-0.2, 0) is 4.79 Å². The average molecular weight is 350 g/mol. The minimum atomic E-state index is -0.250. The number of carboxylic acid groups (broad SMARTS) is 1. The molecule has 0 saturated heterocycles. The van der Waals surface area contributed by atoms with E-state index < -0.39 is 0 Å². The normalized spacial score (nSPS) is 16.6. The van der Waals surface area contributed by atoms with Gasteiger partial charge in [0.1, 0.15) is 11.6 Å². The number of aromatic nitrogens is 2. The highest BCUT2D eigenvalue weighted by Crippen LogP contribution is 2.36. The predicted octanol–water partition coefficient (Wildman–Crippen LogP) is 4.29. The zero-order valence-electron chi connectivity index (χ0n) is 15.4. The molecule has 1 fully saturated rings. The van der Waals surface area contributed by atoms with Gasteiger partial charge in [-0.25, -0.2) is 14.4 Å². The van der Waals surface area contributed by atoms with E-state index in [2.05, 4.69) is 23.8 Å². The number of nitrogens with zero attached hydrogens (tertiary/aromatic N) is 2. The molecule has 2 aromatic rings. The lowest BCUT2D eigenvalue weighted by Gasteiger charge is -2.01. The molecule has 25 heavy (non-hydrogen) atoms. The molecule has 5 nitrogen and oxygen atoms in total. The van der Waals surface area contributed by atoms with Gasteiger partial charge in [-0.1, -0.05) is 32.0 Å². The maximum Gasteiger partial charge on any atom is 0.290 e. The molecule has 1 aliphatic rings. The topological polar surface area (TPSA) is 72.3 Å². The number of benzene rings is 1. The number of methoxy groups -OCH3 is 1. The summed E-state index contributed by atoms with van der Waals surface area (Å²) in [6, 6.07) is 7.94. The maximum atomic E-state index is 11.9. The van der Waals surface area contributed by atoms with Crippen molar-refractivity contribution in [2.24, 2.45) is 11.8 Å². The van der Waals surface area contributed by atoms with E-state index in [0.717, 1.165) is 29.1 Å². The maximum absolute atomic E-state index is 11.9. The summed E-state index contributed by atoms with van der Waals surface area (Å²) in [5.74, 6) is 3.44. The number of halogens is 1. The van der Waals surface area contributed by atoms with Crippen molar-refractivity contribution in [1.29, 1.82) is 0 Å². The van der Waals surface area contributed by atoms with Crippen molar-refractivity contribution >= 4 is 6.47 Å². The van der Waals surface area contributed by atoms with Crippen LogP contribution in [0.1, 0.15) is 31.8 Å². The van der Waals surface area contributed by atoms with Gasteiger partial charge < -0.3 is 9.84 Å². The lowest BCUT2D eigenvalue weighted by atomic mass is 10.4. The monoisotopic (exact) mass is 350 g/mol. The second-order valence-electron chi connectivity index (χ2n) is 5.66. The number of ether oxygens (including phenoxy) is 1. The van der Waals surface area contributed by atoms with Gasteiger partial charge in [0.25, 0.3) is 6.47 Å². The number of hydrogen-bond donors (Lipinski definition) is 1. The molecular formula is C19H27FN2O3. The van der Waals surface area contributed by atoms with Crippen molar-refractivity contribution in [3.8, 4) is 5.75 Å². The van der Waals surface area contributed by atoms with E-state index in [4.69, 9.17) is 14.6 Å². The number of hydrogen-bond acceptors (Lipinski definition) is 4. The highest BCUT2D eigenvalue weighted by molar-refractivity contribution is 5.32. The summed E-state index contributed by atoms with van der Waals surface area (Å²) >= 11 is 0. The van der Waals surface area contributed by atoms with Gasteiger partial charge in [-0.2, -0.15) is 0 Å². The van der Waals surface area contributed by atoms with Crippen LogP contribution in [0.3, 0.4) is 0 Å². The van der Waals surface area contributed by atoms with E-state index in [-0.39, 0.29) is 12.3 Å². The van der Waals surface area contributed by atoms with Crippen LogP contribution in [-0.4, -0.2) is 28.7 Å². The smallest absolute Gasteiger partial charge is 0.290 e. The largest absolute Gasteiger partial charge is 0.493 e. The molecule has 0 amide bonds. The van der Waals surface area contributed by atoms with E-state index in [9.17, 15) is 4.39 Å². The van der Waals surface area contributed by atoms with Gasteiger partial charge in [0, 0.05) is 0 Å². The second-order valence-corrected chi connectivity index (χ2v) is 5.66. The zero-order valence-corrected chi connectivity index (χ0v) is 15.4. The van der Waals surface area contributed by atoms with Crippen molar-refractivity contribution in [1.82, 2.24) is 9.97 Å². The van der Waals surface area contributed by atoms with Crippen LogP contribution in [0.4, 0.5) is 4.39 Å². The molecule has 1 heterocycles. The highest BCUT2D eigenvalue weighted by Gasteiger charge is 2.26. The van der Waals surface area contributed by atoms with Crippen molar-refractivity contribution in [2.45, 2.75) is 34.1 Å². The molecule has 2 unspecified atom stereocenters. The Labute approximate surface area is 148 Å². The molecule has 0 bridgehead atoms. The van der Waals surface area contributed by atoms with E-state index >= 15 is 0 Å². The standard InChI is InChI=1S/C7H10N2O.C6H5F.C5H10.CH2O2/c1-5-7(10-3)4-8-6(2)9-5;7-6-4-2-1-3-5-6;1-4-3-5(4)2;2-1-3/h4H,1-3H3;1-5H;4-5H,3H2,1-2H3;1H,(H,2,3). The number of aryl methyl sites for hydroxylation is 2. The Balaban J connectivity index is 0.000000335. The van der Waals surface area contributed by atoms with Crippen LogP contribution in [0.25, 0.3) is 0 Å².